The van der Waals surface area contributed by atoms with Crippen LogP contribution in [0.2, 0.25) is 0 Å². The Bertz CT molecular complexity index is 379. The van der Waals surface area contributed by atoms with Crippen molar-refractivity contribution in [3.63, 3.8) is 0 Å². The molecule has 0 radical (unpaired) electrons. The molecule has 3 nitrogen and oxygen atoms in total. The van der Waals surface area contributed by atoms with Crippen molar-refractivity contribution in [1.29, 1.82) is 0 Å². The summed E-state index contributed by atoms with van der Waals surface area (Å²) in [4.78, 5) is 0. The highest BCUT2D eigenvalue weighted by Gasteiger charge is 2.12. The molecule has 18 heavy (non-hydrogen) atoms. The SMILES string of the molecule is C=CCCCC(CCc1c(C)nn(C)c1C)NC. The van der Waals surface area contributed by atoms with E-state index in [4.69, 9.17) is 0 Å². The van der Waals surface area contributed by atoms with Crippen molar-refractivity contribution in [2.75, 3.05) is 7.05 Å². The first-order valence-corrected chi connectivity index (χ1v) is 6.87. The average Bonchev–Trinajstić information content (AvgIpc) is 2.59. The van der Waals surface area contributed by atoms with Crippen LogP contribution in [0, 0.1) is 13.8 Å². The largest absolute Gasteiger partial charge is 0.317 e. The van der Waals surface area contributed by atoms with Gasteiger partial charge in [-0.05, 0) is 58.6 Å². The number of unbranched alkanes of at least 4 members (excludes halogenated alkanes) is 1. The highest BCUT2D eigenvalue weighted by Crippen LogP contribution is 2.16. The maximum absolute atomic E-state index is 4.47. The number of hydrogen-bond acceptors (Lipinski definition) is 2. The van der Waals surface area contributed by atoms with Gasteiger partial charge in [0.25, 0.3) is 0 Å². The minimum absolute atomic E-state index is 0.601. The summed E-state index contributed by atoms with van der Waals surface area (Å²) in [5.41, 5.74) is 3.89. The predicted molar refractivity (Wildman–Crippen MR) is 77.9 cm³/mol. The molecule has 0 aromatic carbocycles. The van der Waals surface area contributed by atoms with Crippen LogP contribution in [0.5, 0.6) is 0 Å². The average molecular weight is 249 g/mol. The standard InChI is InChI=1S/C15H27N3/c1-6-7-8-9-14(16-4)10-11-15-12(2)17-18(5)13(15)3/h6,14,16H,1,7-11H2,2-5H3. The van der Waals surface area contributed by atoms with Crippen molar-refractivity contribution in [1.82, 2.24) is 15.1 Å². The van der Waals surface area contributed by atoms with Crippen LogP contribution >= 0.6 is 0 Å². The van der Waals surface area contributed by atoms with E-state index in [-0.39, 0.29) is 0 Å². The van der Waals surface area contributed by atoms with E-state index in [0.29, 0.717) is 6.04 Å². The number of hydrogen-bond donors (Lipinski definition) is 1. The number of nitrogens with one attached hydrogen (secondary N) is 1. The predicted octanol–water partition coefficient (Wildman–Crippen LogP) is 2.91. The molecule has 1 N–H and O–H groups in total. The van der Waals surface area contributed by atoms with E-state index in [0.717, 1.165) is 12.8 Å². The van der Waals surface area contributed by atoms with Crippen molar-refractivity contribution in [2.24, 2.45) is 7.05 Å². The Hall–Kier alpha value is -1.09. The summed E-state index contributed by atoms with van der Waals surface area (Å²) in [7, 11) is 4.08. The zero-order valence-corrected chi connectivity index (χ0v) is 12.3. The molecule has 1 rings (SSSR count). The molecule has 0 aliphatic heterocycles. The molecule has 0 aliphatic rings. The van der Waals surface area contributed by atoms with Gasteiger partial charge in [-0.1, -0.05) is 6.08 Å². The minimum Gasteiger partial charge on any atom is -0.317 e. The minimum atomic E-state index is 0.601. The third-order valence-electron chi connectivity index (χ3n) is 3.77. The van der Waals surface area contributed by atoms with E-state index in [1.165, 1.54) is 36.2 Å². The molecule has 0 saturated carbocycles. The van der Waals surface area contributed by atoms with Crippen LogP contribution in [0.3, 0.4) is 0 Å². The van der Waals surface area contributed by atoms with Crippen molar-refractivity contribution in [3.8, 4) is 0 Å². The Morgan fingerprint density at radius 3 is 2.61 bits per heavy atom. The van der Waals surface area contributed by atoms with E-state index >= 15 is 0 Å². The van der Waals surface area contributed by atoms with Crippen molar-refractivity contribution >= 4 is 0 Å². The monoisotopic (exact) mass is 249 g/mol. The van der Waals surface area contributed by atoms with Gasteiger partial charge >= 0.3 is 0 Å². The van der Waals surface area contributed by atoms with Gasteiger partial charge in [0.2, 0.25) is 0 Å². The smallest absolute Gasteiger partial charge is 0.0628 e. The van der Waals surface area contributed by atoms with Gasteiger partial charge in [-0.2, -0.15) is 5.10 Å². The van der Waals surface area contributed by atoms with Crippen LogP contribution in [-0.4, -0.2) is 22.9 Å². The molecule has 0 bridgehead atoms. The zero-order chi connectivity index (χ0) is 13.5. The van der Waals surface area contributed by atoms with E-state index < -0.39 is 0 Å². The molecule has 0 aliphatic carbocycles. The molecular formula is C15H27N3. The summed E-state index contributed by atoms with van der Waals surface area (Å²) < 4.78 is 1.98. The van der Waals surface area contributed by atoms with E-state index in [1.54, 1.807) is 0 Å². The summed E-state index contributed by atoms with van der Waals surface area (Å²) in [6.45, 7) is 8.03. The summed E-state index contributed by atoms with van der Waals surface area (Å²) >= 11 is 0. The highest BCUT2D eigenvalue weighted by molar-refractivity contribution is 5.24. The van der Waals surface area contributed by atoms with Crippen LogP contribution in [0.4, 0.5) is 0 Å². The Balaban J connectivity index is 2.49. The van der Waals surface area contributed by atoms with Crippen molar-refractivity contribution in [3.05, 3.63) is 29.6 Å². The maximum atomic E-state index is 4.47. The second kappa shape index (κ2) is 7.37. The Morgan fingerprint density at radius 2 is 2.11 bits per heavy atom. The fourth-order valence-corrected chi connectivity index (χ4v) is 2.44. The van der Waals surface area contributed by atoms with Gasteiger partial charge < -0.3 is 5.32 Å². The second-order valence-corrected chi connectivity index (χ2v) is 5.02. The molecule has 1 unspecified atom stereocenters. The molecule has 102 valence electrons. The lowest BCUT2D eigenvalue weighted by Crippen LogP contribution is -2.25. The Kier molecular flexibility index (Phi) is 6.13. The van der Waals surface area contributed by atoms with Crippen molar-refractivity contribution < 1.29 is 0 Å². The molecule has 0 fully saturated rings. The van der Waals surface area contributed by atoms with E-state index in [1.807, 2.05) is 17.8 Å². The van der Waals surface area contributed by atoms with Gasteiger partial charge in [-0.3, -0.25) is 4.68 Å². The molecule has 0 spiro atoms. The van der Waals surface area contributed by atoms with Gasteiger partial charge in [0.15, 0.2) is 0 Å². The van der Waals surface area contributed by atoms with Crippen LogP contribution in [0.1, 0.15) is 42.6 Å². The quantitative estimate of drug-likeness (QED) is 0.567. The molecule has 0 amide bonds. The summed E-state index contributed by atoms with van der Waals surface area (Å²) in [6.07, 6.45) is 7.86. The van der Waals surface area contributed by atoms with Crippen LogP contribution in [-0.2, 0) is 13.5 Å². The molecule has 1 heterocycles. The summed E-state index contributed by atoms with van der Waals surface area (Å²) in [5.74, 6) is 0. The molecule has 3 heteroatoms. The first-order chi connectivity index (χ1) is 8.60. The number of rotatable bonds is 8. The van der Waals surface area contributed by atoms with Crippen LogP contribution in [0.15, 0.2) is 12.7 Å². The maximum Gasteiger partial charge on any atom is 0.0628 e. The van der Waals surface area contributed by atoms with Crippen LogP contribution < -0.4 is 5.32 Å². The third-order valence-corrected chi connectivity index (χ3v) is 3.77. The first-order valence-electron chi connectivity index (χ1n) is 6.87. The molecular weight excluding hydrogens is 222 g/mol. The van der Waals surface area contributed by atoms with E-state index in [9.17, 15) is 0 Å². The first kappa shape index (κ1) is 15.0. The number of aromatic nitrogens is 2. The normalized spacial score (nSPS) is 12.7. The summed E-state index contributed by atoms with van der Waals surface area (Å²) in [5, 5.41) is 7.89. The van der Waals surface area contributed by atoms with Crippen LogP contribution in [0.25, 0.3) is 0 Å². The topological polar surface area (TPSA) is 29.9 Å². The van der Waals surface area contributed by atoms with Gasteiger partial charge in [0.05, 0.1) is 5.69 Å². The van der Waals surface area contributed by atoms with E-state index in [2.05, 4.69) is 37.9 Å². The fourth-order valence-electron chi connectivity index (χ4n) is 2.44. The van der Waals surface area contributed by atoms with Crippen molar-refractivity contribution in [2.45, 2.75) is 52.0 Å². The zero-order valence-electron chi connectivity index (χ0n) is 12.3. The van der Waals surface area contributed by atoms with Gasteiger partial charge in [0.1, 0.15) is 0 Å². The molecule has 1 aromatic rings. The highest BCUT2D eigenvalue weighted by atomic mass is 15.3. The lowest BCUT2D eigenvalue weighted by atomic mass is 10.00. The molecule has 1 atom stereocenters. The number of aryl methyl sites for hydroxylation is 2. The molecule has 0 saturated heterocycles. The molecule has 1 aromatic heterocycles. The van der Waals surface area contributed by atoms with Gasteiger partial charge in [-0.25, -0.2) is 0 Å². The fraction of sp³-hybridized carbons (Fsp3) is 0.667. The number of nitrogens with zero attached hydrogens (tertiary/aromatic N) is 2. The summed E-state index contributed by atoms with van der Waals surface area (Å²) in [6, 6.07) is 0.601. The van der Waals surface area contributed by atoms with Gasteiger partial charge in [-0.15, -0.1) is 6.58 Å². The lowest BCUT2D eigenvalue weighted by molar-refractivity contribution is 0.475. The Labute approximate surface area is 111 Å². The van der Waals surface area contributed by atoms with Gasteiger partial charge in [0, 0.05) is 18.8 Å². The number of allylic oxidation sites excluding steroid dienone is 1. The Morgan fingerprint density at radius 1 is 1.39 bits per heavy atom. The third kappa shape index (κ3) is 3.98. The lowest BCUT2D eigenvalue weighted by Gasteiger charge is -2.15. The second-order valence-electron chi connectivity index (χ2n) is 5.02.